The molecule has 1 aliphatic carbocycles. The zero-order chi connectivity index (χ0) is 17.9. The molecule has 2 amide bonds. The molecule has 2 fully saturated rings. The highest BCUT2D eigenvalue weighted by molar-refractivity contribution is 5.94. The Labute approximate surface area is 153 Å². The number of hydrogen-bond acceptors (Lipinski definition) is 3. The highest BCUT2D eigenvalue weighted by atomic mass is 16.2. The second kappa shape index (κ2) is 7.32. The summed E-state index contributed by atoms with van der Waals surface area (Å²) in [5.41, 5.74) is 1.69. The summed E-state index contributed by atoms with van der Waals surface area (Å²) in [5.74, 6) is 0.437. The standard InChI is InChI=1S/C20H24N4O2/c25-19(17-5-1-4-15(12-17)13-24-11-3-9-21-24)22-18-6-2-10-23(14-18)20(26)16-7-8-16/h1,3-5,9,11-12,16,18H,2,6-8,10,13-14H2,(H,22,25). The van der Waals surface area contributed by atoms with Gasteiger partial charge in [-0.2, -0.15) is 5.10 Å². The van der Waals surface area contributed by atoms with E-state index in [0.29, 0.717) is 18.7 Å². The first-order valence-corrected chi connectivity index (χ1v) is 9.35. The Morgan fingerprint density at radius 3 is 2.85 bits per heavy atom. The Morgan fingerprint density at radius 2 is 2.08 bits per heavy atom. The van der Waals surface area contributed by atoms with E-state index in [1.165, 1.54) is 0 Å². The van der Waals surface area contributed by atoms with Crippen LogP contribution in [0.3, 0.4) is 0 Å². The van der Waals surface area contributed by atoms with Gasteiger partial charge in [0.15, 0.2) is 0 Å². The van der Waals surface area contributed by atoms with Gasteiger partial charge in [0.1, 0.15) is 0 Å². The van der Waals surface area contributed by atoms with Gasteiger partial charge in [0.25, 0.3) is 5.91 Å². The molecule has 0 radical (unpaired) electrons. The summed E-state index contributed by atoms with van der Waals surface area (Å²) in [5, 5.41) is 7.31. The molecule has 26 heavy (non-hydrogen) atoms. The second-order valence-electron chi connectivity index (χ2n) is 7.28. The highest BCUT2D eigenvalue weighted by Gasteiger charge is 2.35. The molecule has 1 saturated carbocycles. The fourth-order valence-electron chi connectivity index (χ4n) is 3.54. The van der Waals surface area contributed by atoms with Gasteiger partial charge in [0, 0.05) is 43.0 Å². The molecule has 6 nitrogen and oxygen atoms in total. The Balaban J connectivity index is 1.37. The van der Waals surface area contributed by atoms with Crippen LogP contribution in [0.5, 0.6) is 0 Å². The molecule has 0 bridgehead atoms. The van der Waals surface area contributed by atoms with Crippen molar-refractivity contribution in [2.45, 2.75) is 38.3 Å². The van der Waals surface area contributed by atoms with Crippen molar-refractivity contribution in [3.05, 3.63) is 53.9 Å². The number of nitrogens with zero attached hydrogens (tertiary/aromatic N) is 3. The van der Waals surface area contributed by atoms with Gasteiger partial charge in [-0.15, -0.1) is 0 Å². The summed E-state index contributed by atoms with van der Waals surface area (Å²) < 4.78 is 1.83. The van der Waals surface area contributed by atoms with Gasteiger partial charge in [-0.05, 0) is 49.4 Å². The third-order valence-corrected chi connectivity index (χ3v) is 5.09. The largest absolute Gasteiger partial charge is 0.348 e. The van der Waals surface area contributed by atoms with E-state index in [9.17, 15) is 9.59 Å². The Hall–Kier alpha value is -2.63. The third-order valence-electron chi connectivity index (χ3n) is 5.09. The van der Waals surface area contributed by atoms with Crippen LogP contribution in [-0.4, -0.2) is 45.6 Å². The lowest BCUT2D eigenvalue weighted by atomic mass is 10.0. The molecule has 1 aromatic carbocycles. The van der Waals surface area contributed by atoms with E-state index in [0.717, 1.165) is 37.8 Å². The van der Waals surface area contributed by atoms with E-state index in [4.69, 9.17) is 0 Å². The summed E-state index contributed by atoms with van der Waals surface area (Å²) in [6, 6.07) is 9.56. The van der Waals surface area contributed by atoms with Gasteiger partial charge in [0.2, 0.25) is 5.91 Å². The van der Waals surface area contributed by atoms with Crippen LogP contribution in [0.4, 0.5) is 0 Å². The lowest BCUT2D eigenvalue weighted by Crippen LogP contribution is -2.50. The van der Waals surface area contributed by atoms with Crippen molar-refractivity contribution in [1.29, 1.82) is 0 Å². The molecule has 6 heteroatoms. The molecule has 1 aliphatic heterocycles. The summed E-state index contributed by atoms with van der Waals surface area (Å²) in [4.78, 5) is 26.8. The monoisotopic (exact) mass is 352 g/mol. The lowest BCUT2D eigenvalue weighted by Gasteiger charge is -2.33. The molecule has 1 N–H and O–H groups in total. The number of carbonyl (C=O) groups is 2. The van der Waals surface area contributed by atoms with Crippen LogP contribution in [0.2, 0.25) is 0 Å². The van der Waals surface area contributed by atoms with Crippen molar-refractivity contribution in [2.24, 2.45) is 5.92 Å². The summed E-state index contributed by atoms with van der Waals surface area (Å²) in [6.07, 6.45) is 7.56. The number of amides is 2. The van der Waals surface area contributed by atoms with Gasteiger partial charge < -0.3 is 10.2 Å². The number of aromatic nitrogens is 2. The predicted octanol–water partition coefficient (Wildman–Crippen LogP) is 2.06. The number of benzene rings is 1. The van der Waals surface area contributed by atoms with Crippen molar-refractivity contribution in [2.75, 3.05) is 13.1 Å². The summed E-state index contributed by atoms with van der Waals surface area (Å²) >= 11 is 0. The minimum Gasteiger partial charge on any atom is -0.348 e. The normalized spacial score (nSPS) is 20.0. The molecule has 2 heterocycles. The number of carbonyl (C=O) groups excluding carboxylic acids is 2. The SMILES string of the molecule is O=C(NC1CCCN(C(=O)C2CC2)C1)c1cccc(Cn2cccn2)c1. The quantitative estimate of drug-likeness (QED) is 0.896. The molecule has 0 spiro atoms. The molecule has 136 valence electrons. The zero-order valence-corrected chi connectivity index (χ0v) is 14.8. The van der Waals surface area contributed by atoms with Crippen molar-refractivity contribution in [3.8, 4) is 0 Å². The molecule has 1 unspecified atom stereocenters. The van der Waals surface area contributed by atoms with E-state index in [-0.39, 0.29) is 23.8 Å². The maximum Gasteiger partial charge on any atom is 0.251 e. The first-order valence-electron chi connectivity index (χ1n) is 9.35. The zero-order valence-electron chi connectivity index (χ0n) is 14.8. The summed E-state index contributed by atoms with van der Waals surface area (Å²) in [7, 11) is 0. The second-order valence-corrected chi connectivity index (χ2v) is 7.28. The van der Waals surface area contributed by atoms with Gasteiger partial charge in [-0.1, -0.05) is 12.1 Å². The van der Waals surface area contributed by atoms with Crippen LogP contribution < -0.4 is 5.32 Å². The molecule has 1 saturated heterocycles. The van der Waals surface area contributed by atoms with E-state index in [2.05, 4.69) is 10.4 Å². The number of rotatable bonds is 5. The van der Waals surface area contributed by atoms with E-state index >= 15 is 0 Å². The number of piperidine rings is 1. The van der Waals surface area contributed by atoms with E-state index < -0.39 is 0 Å². The van der Waals surface area contributed by atoms with Crippen LogP contribution in [0.1, 0.15) is 41.6 Å². The molecule has 1 aromatic heterocycles. The lowest BCUT2D eigenvalue weighted by molar-refractivity contribution is -0.133. The number of nitrogens with one attached hydrogen (secondary N) is 1. The average Bonchev–Trinajstić information content (AvgIpc) is 3.39. The van der Waals surface area contributed by atoms with Crippen molar-refractivity contribution < 1.29 is 9.59 Å². The molecular formula is C20H24N4O2. The molecular weight excluding hydrogens is 328 g/mol. The molecule has 4 rings (SSSR count). The maximum absolute atomic E-state index is 12.7. The van der Waals surface area contributed by atoms with Crippen LogP contribution in [0.25, 0.3) is 0 Å². The fraction of sp³-hybridized carbons (Fsp3) is 0.450. The van der Waals surface area contributed by atoms with Crippen molar-refractivity contribution in [3.63, 3.8) is 0 Å². The molecule has 1 atom stereocenters. The van der Waals surface area contributed by atoms with Gasteiger partial charge >= 0.3 is 0 Å². The summed E-state index contributed by atoms with van der Waals surface area (Å²) in [6.45, 7) is 2.09. The van der Waals surface area contributed by atoms with Crippen LogP contribution >= 0.6 is 0 Å². The van der Waals surface area contributed by atoms with Crippen molar-refractivity contribution in [1.82, 2.24) is 20.0 Å². The Kier molecular flexibility index (Phi) is 4.73. The van der Waals surface area contributed by atoms with Crippen LogP contribution in [0, 0.1) is 5.92 Å². The van der Waals surface area contributed by atoms with Gasteiger partial charge in [-0.25, -0.2) is 0 Å². The highest BCUT2D eigenvalue weighted by Crippen LogP contribution is 2.31. The topological polar surface area (TPSA) is 67.2 Å². The van der Waals surface area contributed by atoms with Gasteiger partial charge in [-0.3, -0.25) is 14.3 Å². The van der Waals surface area contributed by atoms with Gasteiger partial charge in [0.05, 0.1) is 6.54 Å². The Bertz CT molecular complexity index is 783. The van der Waals surface area contributed by atoms with Crippen molar-refractivity contribution >= 4 is 11.8 Å². The van der Waals surface area contributed by atoms with Crippen LogP contribution in [0.15, 0.2) is 42.7 Å². The predicted molar refractivity (Wildman–Crippen MR) is 97.6 cm³/mol. The number of hydrogen-bond donors (Lipinski definition) is 1. The Morgan fingerprint density at radius 1 is 1.19 bits per heavy atom. The number of likely N-dealkylation sites (tertiary alicyclic amines) is 1. The minimum atomic E-state index is -0.0713. The minimum absolute atomic E-state index is 0.0359. The van der Waals surface area contributed by atoms with E-state index in [1.807, 2.05) is 46.1 Å². The first kappa shape index (κ1) is 16.8. The first-order chi connectivity index (χ1) is 12.7. The smallest absolute Gasteiger partial charge is 0.251 e. The average molecular weight is 352 g/mol. The molecule has 2 aliphatic rings. The third kappa shape index (κ3) is 3.95. The van der Waals surface area contributed by atoms with E-state index in [1.54, 1.807) is 6.20 Å². The maximum atomic E-state index is 12.7. The van der Waals surface area contributed by atoms with Crippen LogP contribution in [-0.2, 0) is 11.3 Å². The molecule has 2 aromatic rings. The fourth-order valence-corrected chi connectivity index (χ4v) is 3.54.